The highest BCUT2D eigenvalue weighted by molar-refractivity contribution is 7.18. The average molecular weight is 425 g/mol. The number of hydrogen-bond donors (Lipinski definition) is 0. The number of carbonyl (C=O) groups excluding carboxylic acids is 1. The van der Waals surface area contributed by atoms with Gasteiger partial charge in [-0.25, -0.2) is 4.98 Å². The fourth-order valence-corrected chi connectivity index (χ4v) is 5.53. The summed E-state index contributed by atoms with van der Waals surface area (Å²) < 4.78 is 0.662. The van der Waals surface area contributed by atoms with Gasteiger partial charge < -0.3 is 9.80 Å². The lowest BCUT2D eigenvalue weighted by Gasteiger charge is -2.34. The Morgan fingerprint density at radius 2 is 1.93 bits per heavy atom. The van der Waals surface area contributed by atoms with Crippen LogP contribution in [-0.4, -0.2) is 60.0 Å². The van der Waals surface area contributed by atoms with E-state index in [-0.39, 0.29) is 5.91 Å². The maximum atomic E-state index is 12.5. The van der Waals surface area contributed by atoms with Crippen molar-refractivity contribution in [1.82, 2.24) is 14.8 Å². The van der Waals surface area contributed by atoms with E-state index < -0.39 is 0 Å². The maximum Gasteiger partial charge on any atom is 0.264 e. The van der Waals surface area contributed by atoms with Crippen molar-refractivity contribution in [3.8, 4) is 0 Å². The van der Waals surface area contributed by atoms with E-state index in [0.29, 0.717) is 4.34 Å². The second kappa shape index (κ2) is 8.47. The molecule has 27 heavy (non-hydrogen) atoms. The number of thiazole rings is 1. The predicted octanol–water partition coefficient (Wildman–Crippen LogP) is 4.05. The number of thiophene rings is 1. The summed E-state index contributed by atoms with van der Waals surface area (Å²) in [4.78, 5) is 24.9. The first-order chi connectivity index (χ1) is 13.1. The Balaban J connectivity index is 1.29. The predicted molar refractivity (Wildman–Crippen MR) is 113 cm³/mol. The van der Waals surface area contributed by atoms with E-state index in [9.17, 15) is 4.79 Å². The fraction of sp³-hybridized carbons (Fsp3) is 0.579. The van der Waals surface area contributed by atoms with Crippen molar-refractivity contribution in [3.63, 3.8) is 0 Å². The molecule has 0 aliphatic carbocycles. The monoisotopic (exact) mass is 424 g/mol. The van der Waals surface area contributed by atoms with E-state index in [1.807, 2.05) is 11.0 Å². The summed E-state index contributed by atoms with van der Waals surface area (Å²) in [6.45, 7) is 8.79. The van der Waals surface area contributed by atoms with Crippen molar-refractivity contribution in [2.45, 2.75) is 26.3 Å². The summed E-state index contributed by atoms with van der Waals surface area (Å²) in [5.41, 5.74) is 1.18. The lowest BCUT2D eigenvalue weighted by atomic mass is 9.99. The first kappa shape index (κ1) is 19.2. The zero-order valence-corrected chi connectivity index (χ0v) is 18.0. The van der Waals surface area contributed by atoms with Gasteiger partial charge in [0.15, 0.2) is 5.13 Å². The van der Waals surface area contributed by atoms with Crippen molar-refractivity contribution < 1.29 is 4.79 Å². The molecule has 0 unspecified atom stereocenters. The van der Waals surface area contributed by atoms with Crippen LogP contribution in [0.1, 0.15) is 35.1 Å². The first-order valence-corrected chi connectivity index (χ1v) is 11.6. The smallest absolute Gasteiger partial charge is 0.264 e. The number of aromatic nitrogens is 1. The summed E-state index contributed by atoms with van der Waals surface area (Å²) >= 11 is 9.03. The Kier molecular flexibility index (Phi) is 6.02. The Labute approximate surface area is 173 Å². The minimum atomic E-state index is 0.0886. The molecule has 5 nitrogen and oxygen atoms in total. The van der Waals surface area contributed by atoms with E-state index in [0.717, 1.165) is 48.7 Å². The molecule has 2 aliphatic heterocycles. The summed E-state index contributed by atoms with van der Waals surface area (Å²) in [6.07, 6.45) is 2.59. The van der Waals surface area contributed by atoms with E-state index in [4.69, 9.17) is 16.6 Å². The molecule has 2 saturated heterocycles. The third-order valence-corrected chi connectivity index (χ3v) is 7.59. The molecule has 8 heteroatoms. The zero-order valence-electron chi connectivity index (χ0n) is 15.6. The first-order valence-electron chi connectivity index (χ1n) is 9.55. The summed E-state index contributed by atoms with van der Waals surface area (Å²) in [7, 11) is 0. The molecule has 0 spiro atoms. The van der Waals surface area contributed by atoms with Crippen LogP contribution in [0.15, 0.2) is 17.5 Å². The van der Waals surface area contributed by atoms with Gasteiger partial charge in [-0.05, 0) is 44.0 Å². The van der Waals surface area contributed by atoms with Crippen LogP contribution in [0.5, 0.6) is 0 Å². The van der Waals surface area contributed by atoms with Gasteiger partial charge in [0.2, 0.25) is 0 Å². The van der Waals surface area contributed by atoms with E-state index in [2.05, 4.69) is 22.1 Å². The highest BCUT2D eigenvalue weighted by atomic mass is 35.5. The lowest BCUT2D eigenvalue weighted by Crippen LogP contribution is -2.48. The van der Waals surface area contributed by atoms with Gasteiger partial charge in [0, 0.05) is 38.1 Å². The fourth-order valence-electron chi connectivity index (χ4n) is 3.65. The van der Waals surface area contributed by atoms with Gasteiger partial charge in [-0.3, -0.25) is 9.69 Å². The van der Waals surface area contributed by atoms with E-state index in [1.165, 1.54) is 43.0 Å². The third kappa shape index (κ3) is 4.65. The van der Waals surface area contributed by atoms with Gasteiger partial charge in [-0.2, -0.15) is 0 Å². The van der Waals surface area contributed by atoms with Crippen LogP contribution in [0.4, 0.5) is 5.13 Å². The Morgan fingerprint density at radius 3 is 2.59 bits per heavy atom. The van der Waals surface area contributed by atoms with E-state index >= 15 is 0 Å². The van der Waals surface area contributed by atoms with Crippen molar-refractivity contribution in [1.29, 1.82) is 0 Å². The van der Waals surface area contributed by atoms with E-state index in [1.54, 1.807) is 17.4 Å². The van der Waals surface area contributed by atoms with Crippen LogP contribution in [-0.2, 0) is 6.54 Å². The summed E-state index contributed by atoms with van der Waals surface area (Å²) in [5, 5.41) is 3.28. The minimum Gasteiger partial charge on any atom is -0.345 e. The standard InChI is InChI=1S/C19H25ClN4OS2/c1-14-4-6-22(7-5-14)12-15-13-26-19(21-15)24-10-8-23(9-11-24)18(25)16-2-3-17(20)27-16/h2-3,13-14H,4-12H2,1H3. The highest BCUT2D eigenvalue weighted by Crippen LogP contribution is 2.26. The SMILES string of the molecule is CC1CCN(Cc2csc(N3CCN(C(=O)c4ccc(Cl)s4)CC3)n2)CC1. The molecule has 4 rings (SSSR count). The molecule has 0 atom stereocenters. The number of halogens is 1. The van der Waals surface area contributed by atoms with Gasteiger partial charge in [-0.15, -0.1) is 22.7 Å². The molecule has 146 valence electrons. The number of piperidine rings is 1. The molecule has 2 aromatic heterocycles. The van der Waals surface area contributed by atoms with Crippen LogP contribution in [0.25, 0.3) is 0 Å². The number of rotatable bonds is 4. The second-order valence-corrected chi connectivity index (χ2v) is 10.0. The lowest BCUT2D eigenvalue weighted by molar-refractivity contribution is 0.0751. The quantitative estimate of drug-likeness (QED) is 0.742. The molecule has 1 amide bonds. The number of amides is 1. The number of anilines is 1. The largest absolute Gasteiger partial charge is 0.345 e. The van der Waals surface area contributed by atoms with Crippen LogP contribution in [0, 0.1) is 5.92 Å². The number of piperazine rings is 1. The molecule has 0 bridgehead atoms. The van der Waals surface area contributed by atoms with Crippen LogP contribution < -0.4 is 4.90 Å². The molecule has 2 aromatic rings. The minimum absolute atomic E-state index is 0.0886. The molecule has 0 saturated carbocycles. The van der Waals surface area contributed by atoms with Crippen molar-refractivity contribution >= 4 is 45.3 Å². The number of nitrogens with zero attached hydrogens (tertiary/aromatic N) is 4. The molecule has 0 aromatic carbocycles. The van der Waals surface area contributed by atoms with Crippen LogP contribution in [0.2, 0.25) is 4.34 Å². The van der Waals surface area contributed by atoms with Gasteiger partial charge >= 0.3 is 0 Å². The molecule has 0 radical (unpaired) electrons. The average Bonchev–Trinajstić information content (AvgIpc) is 3.32. The zero-order chi connectivity index (χ0) is 18.8. The van der Waals surface area contributed by atoms with Crippen molar-refractivity contribution in [2.24, 2.45) is 5.92 Å². The van der Waals surface area contributed by atoms with Gasteiger partial charge in [0.1, 0.15) is 0 Å². The highest BCUT2D eigenvalue weighted by Gasteiger charge is 2.25. The van der Waals surface area contributed by atoms with Crippen LogP contribution >= 0.6 is 34.3 Å². The Morgan fingerprint density at radius 1 is 1.19 bits per heavy atom. The normalized spacial score (nSPS) is 19.6. The second-order valence-electron chi connectivity index (χ2n) is 7.46. The Bertz CT molecular complexity index is 776. The van der Waals surface area contributed by atoms with Crippen molar-refractivity contribution in [2.75, 3.05) is 44.2 Å². The van der Waals surface area contributed by atoms with Crippen LogP contribution in [0.3, 0.4) is 0 Å². The molecular formula is C19H25ClN4OS2. The number of likely N-dealkylation sites (tertiary alicyclic amines) is 1. The van der Waals surface area contributed by atoms with Gasteiger partial charge in [0.25, 0.3) is 5.91 Å². The molecule has 4 heterocycles. The number of hydrogen-bond acceptors (Lipinski definition) is 6. The van der Waals surface area contributed by atoms with Gasteiger partial charge in [0.05, 0.1) is 14.9 Å². The molecule has 2 fully saturated rings. The number of carbonyl (C=O) groups is 1. The molecule has 2 aliphatic rings. The third-order valence-electron chi connectivity index (χ3n) is 5.42. The van der Waals surface area contributed by atoms with Crippen molar-refractivity contribution in [3.05, 3.63) is 32.4 Å². The summed E-state index contributed by atoms with van der Waals surface area (Å²) in [6, 6.07) is 3.60. The topological polar surface area (TPSA) is 39.7 Å². The summed E-state index contributed by atoms with van der Waals surface area (Å²) in [5.74, 6) is 0.946. The Hall–Kier alpha value is -1.15. The molecule has 0 N–H and O–H groups in total. The molecular weight excluding hydrogens is 400 g/mol. The maximum absolute atomic E-state index is 12.5. The van der Waals surface area contributed by atoms with Gasteiger partial charge in [-0.1, -0.05) is 18.5 Å².